The second-order valence-electron chi connectivity index (χ2n) is 5.10. The van der Waals surface area contributed by atoms with E-state index < -0.39 is 28.8 Å². The number of aliphatic hydroxyl groups is 1. The molecule has 1 unspecified atom stereocenters. The molecule has 0 aromatic carbocycles. The summed E-state index contributed by atoms with van der Waals surface area (Å²) < 4.78 is -0.506. The van der Waals surface area contributed by atoms with Gasteiger partial charge in [-0.3, -0.25) is 4.79 Å². The van der Waals surface area contributed by atoms with E-state index in [1.165, 1.54) is 16.7 Å². The molecule has 1 amide bonds. The van der Waals surface area contributed by atoms with E-state index >= 15 is 0 Å². The summed E-state index contributed by atoms with van der Waals surface area (Å²) in [5.74, 6) is -1.63. The maximum absolute atomic E-state index is 11.9. The lowest BCUT2D eigenvalue weighted by Crippen LogP contribution is -2.65. The summed E-state index contributed by atoms with van der Waals surface area (Å²) in [4.78, 5) is 24.6. The Morgan fingerprint density at radius 2 is 2.18 bits per heavy atom. The molecular weight excluding hydrogens is 242 g/mol. The molecule has 0 bridgehead atoms. The molecule has 2 aliphatic heterocycles. The Labute approximate surface area is 104 Å². The molecule has 5 nitrogen and oxygen atoms in total. The number of carboxylic acid groups (broad SMARTS) is 1. The van der Waals surface area contributed by atoms with E-state index in [1.807, 2.05) is 20.8 Å². The van der Waals surface area contributed by atoms with Crippen LogP contribution in [0.15, 0.2) is 0 Å². The lowest BCUT2D eigenvalue weighted by atomic mass is 9.87. The van der Waals surface area contributed by atoms with Gasteiger partial charge in [0.2, 0.25) is 5.91 Å². The van der Waals surface area contributed by atoms with Crippen molar-refractivity contribution in [1.82, 2.24) is 4.90 Å². The maximum Gasteiger partial charge on any atom is 0.327 e. The number of aliphatic carboxylic acids is 1. The lowest BCUT2D eigenvalue weighted by Gasteiger charge is -2.45. The first-order valence-corrected chi connectivity index (χ1v) is 6.60. The van der Waals surface area contributed by atoms with Gasteiger partial charge in [0.05, 0.1) is 17.4 Å². The van der Waals surface area contributed by atoms with Crippen LogP contribution in [0.1, 0.15) is 27.2 Å². The van der Waals surface area contributed by atoms with Crippen molar-refractivity contribution in [2.45, 2.75) is 49.5 Å². The van der Waals surface area contributed by atoms with Crippen molar-refractivity contribution in [3.63, 3.8) is 0 Å². The number of carboxylic acids is 1. The quantitative estimate of drug-likeness (QED) is 0.723. The Morgan fingerprint density at radius 3 is 2.65 bits per heavy atom. The molecule has 0 aromatic heterocycles. The summed E-state index contributed by atoms with van der Waals surface area (Å²) in [5, 5.41) is 18.8. The van der Waals surface area contributed by atoms with E-state index in [0.29, 0.717) is 6.42 Å². The first-order valence-electron chi connectivity index (χ1n) is 5.72. The predicted octanol–water partition coefficient (Wildman–Crippen LogP) is 0.520. The fourth-order valence-corrected chi connectivity index (χ4v) is 4.40. The smallest absolute Gasteiger partial charge is 0.327 e. The second-order valence-corrected chi connectivity index (χ2v) is 6.87. The number of hydrogen-bond acceptors (Lipinski definition) is 4. The van der Waals surface area contributed by atoms with E-state index in [4.69, 9.17) is 0 Å². The van der Waals surface area contributed by atoms with Gasteiger partial charge >= 0.3 is 5.97 Å². The van der Waals surface area contributed by atoms with Crippen LogP contribution >= 0.6 is 11.8 Å². The van der Waals surface area contributed by atoms with Crippen LogP contribution < -0.4 is 0 Å². The van der Waals surface area contributed by atoms with Crippen molar-refractivity contribution in [2.75, 3.05) is 0 Å². The monoisotopic (exact) mass is 259 g/mol. The molecular formula is C11H17NO4S. The van der Waals surface area contributed by atoms with Gasteiger partial charge in [-0.15, -0.1) is 11.8 Å². The zero-order valence-corrected chi connectivity index (χ0v) is 10.9. The van der Waals surface area contributed by atoms with Crippen LogP contribution in [0.25, 0.3) is 0 Å². The highest BCUT2D eigenvalue weighted by molar-refractivity contribution is 8.01. The van der Waals surface area contributed by atoms with Gasteiger partial charge < -0.3 is 15.1 Å². The third-order valence-electron chi connectivity index (χ3n) is 3.55. The second kappa shape index (κ2) is 3.88. The lowest BCUT2D eigenvalue weighted by molar-refractivity contribution is -0.168. The van der Waals surface area contributed by atoms with Gasteiger partial charge in [-0.1, -0.05) is 6.92 Å². The topological polar surface area (TPSA) is 77.8 Å². The highest BCUT2D eigenvalue weighted by Crippen LogP contribution is 2.54. The number of fused-ring (bicyclic) bond motifs is 1. The minimum Gasteiger partial charge on any atom is -0.480 e. The minimum atomic E-state index is -0.970. The molecule has 96 valence electrons. The molecule has 0 spiro atoms. The van der Waals surface area contributed by atoms with E-state index in [1.54, 1.807) is 0 Å². The van der Waals surface area contributed by atoms with Crippen LogP contribution in [0.5, 0.6) is 0 Å². The highest BCUT2D eigenvalue weighted by atomic mass is 32.2. The fraction of sp³-hybridized carbons (Fsp3) is 0.818. The van der Waals surface area contributed by atoms with Crippen LogP contribution in [-0.4, -0.2) is 49.3 Å². The predicted molar refractivity (Wildman–Crippen MR) is 63.5 cm³/mol. The molecule has 0 saturated carbocycles. The summed E-state index contributed by atoms with van der Waals surface area (Å²) >= 11 is 1.47. The van der Waals surface area contributed by atoms with Gasteiger partial charge in [0.25, 0.3) is 0 Å². The Morgan fingerprint density at radius 1 is 1.59 bits per heavy atom. The van der Waals surface area contributed by atoms with Crippen molar-refractivity contribution in [2.24, 2.45) is 5.92 Å². The summed E-state index contributed by atoms with van der Waals surface area (Å²) in [6.45, 7) is 5.48. The average molecular weight is 259 g/mol. The molecule has 2 aliphatic rings. The molecule has 2 rings (SSSR count). The normalized spacial score (nSPS) is 36.4. The van der Waals surface area contributed by atoms with Crippen LogP contribution in [-0.2, 0) is 9.59 Å². The first-order chi connectivity index (χ1) is 7.81. The summed E-state index contributed by atoms with van der Waals surface area (Å²) in [6, 6.07) is -0.787. The molecule has 2 heterocycles. The van der Waals surface area contributed by atoms with Crippen molar-refractivity contribution < 1.29 is 19.8 Å². The number of carbonyl (C=O) groups is 2. The minimum absolute atomic E-state index is 0.187. The fourth-order valence-electron chi connectivity index (χ4n) is 2.65. The van der Waals surface area contributed by atoms with Gasteiger partial charge in [0.15, 0.2) is 0 Å². The number of aliphatic hydroxyl groups excluding tert-OH is 1. The van der Waals surface area contributed by atoms with Gasteiger partial charge in [-0.05, 0) is 20.3 Å². The number of β-lactam (4-membered cyclic amide) rings is 1. The Hall–Kier alpha value is -0.750. The Kier molecular flexibility index (Phi) is 2.90. The first kappa shape index (κ1) is 12.7. The van der Waals surface area contributed by atoms with E-state index in [2.05, 4.69) is 0 Å². The zero-order valence-electron chi connectivity index (χ0n) is 10.1. The van der Waals surface area contributed by atoms with E-state index in [9.17, 15) is 19.8 Å². The van der Waals surface area contributed by atoms with Crippen LogP contribution in [0.2, 0.25) is 0 Å². The molecule has 17 heavy (non-hydrogen) atoms. The number of amides is 1. The van der Waals surface area contributed by atoms with Crippen LogP contribution in [0.3, 0.4) is 0 Å². The third kappa shape index (κ3) is 1.65. The Balaban J connectivity index is 2.25. The largest absolute Gasteiger partial charge is 0.480 e. The summed E-state index contributed by atoms with van der Waals surface area (Å²) in [6.07, 6.45) is -0.154. The average Bonchev–Trinajstić information content (AvgIpc) is 2.46. The summed E-state index contributed by atoms with van der Waals surface area (Å²) in [5.41, 5.74) is 0. The molecule has 0 radical (unpaired) electrons. The number of thioether (sulfide) groups is 1. The third-order valence-corrected chi connectivity index (χ3v) is 5.14. The zero-order chi connectivity index (χ0) is 13.0. The van der Waals surface area contributed by atoms with E-state index in [-0.39, 0.29) is 11.3 Å². The molecule has 0 aromatic rings. The SMILES string of the molecule is CCC(O)[C@@H]1C(=O)N2[C@@H]1SC(C)(C)[C@@H]2C(=O)O. The molecule has 2 N–H and O–H groups in total. The van der Waals surface area contributed by atoms with Gasteiger partial charge in [-0.2, -0.15) is 0 Å². The summed E-state index contributed by atoms with van der Waals surface area (Å²) in [7, 11) is 0. The molecule has 6 heteroatoms. The molecule has 4 atom stereocenters. The molecule has 2 saturated heterocycles. The van der Waals surface area contributed by atoms with Crippen molar-refractivity contribution >= 4 is 23.6 Å². The standard InChI is InChI=1S/C11H17NO4S/c1-4-5(13)6-8(14)12-7(10(15)16)11(2,3)17-9(6)12/h5-7,9,13H,4H2,1-3H3,(H,15,16)/t5?,6-,7+,9-/m1/s1. The van der Waals surface area contributed by atoms with E-state index in [0.717, 1.165) is 0 Å². The maximum atomic E-state index is 11.9. The number of nitrogens with zero attached hydrogens (tertiary/aromatic N) is 1. The number of carbonyl (C=O) groups excluding carboxylic acids is 1. The highest BCUT2D eigenvalue weighted by Gasteiger charge is 2.64. The van der Waals surface area contributed by atoms with Gasteiger partial charge in [-0.25, -0.2) is 4.79 Å². The van der Waals surface area contributed by atoms with Crippen molar-refractivity contribution in [3.05, 3.63) is 0 Å². The number of hydrogen-bond donors (Lipinski definition) is 2. The number of rotatable bonds is 3. The Bertz CT molecular complexity index is 370. The van der Waals surface area contributed by atoms with Crippen LogP contribution in [0, 0.1) is 5.92 Å². The van der Waals surface area contributed by atoms with Gasteiger partial charge in [0, 0.05) is 4.75 Å². The van der Waals surface area contributed by atoms with Crippen LogP contribution in [0.4, 0.5) is 0 Å². The molecule has 2 fully saturated rings. The molecule has 0 aliphatic carbocycles. The van der Waals surface area contributed by atoms with Crippen molar-refractivity contribution in [3.8, 4) is 0 Å². The van der Waals surface area contributed by atoms with Crippen molar-refractivity contribution in [1.29, 1.82) is 0 Å². The van der Waals surface area contributed by atoms with Gasteiger partial charge in [0.1, 0.15) is 6.04 Å².